The Hall–Kier alpha value is -5.13. The van der Waals surface area contributed by atoms with Crippen LogP contribution in [-0.2, 0) is 33.4 Å². The molecule has 1 heterocycles. The average Bonchev–Trinajstić information content (AvgIpc) is 3.16. The lowest BCUT2D eigenvalue weighted by Crippen LogP contribution is -2.61. The van der Waals surface area contributed by atoms with E-state index in [1.807, 2.05) is 18.2 Å². The third-order valence-electron chi connectivity index (χ3n) is 9.80. The number of urea groups is 1. The Morgan fingerprint density at radius 3 is 1.63 bits per heavy atom. The monoisotopic (exact) mass is 890 g/mol. The summed E-state index contributed by atoms with van der Waals surface area (Å²) in [4.78, 5) is 92.8. The molecule has 0 unspecified atom stereocenters. The van der Waals surface area contributed by atoms with Crippen LogP contribution in [0.4, 0.5) is 14.4 Å². The fourth-order valence-corrected chi connectivity index (χ4v) is 6.80. The molecule has 0 saturated carbocycles. The number of unbranched alkanes of at least 4 members (excludes halogenated alkanes) is 2. The van der Waals surface area contributed by atoms with Crippen LogP contribution in [0, 0.1) is 0 Å². The third-order valence-corrected chi connectivity index (χ3v) is 9.80. The SMILES string of the molecule is C[C@H](NC(=O)[C@@H](NC(=O)[C@H](CCCCNC(=O)OC(C)(C)C)NC(=O)N1CCC(c2ccccc2)CC1)[C@@H](C)OC(C)(C)C)C(=O)N[C@@H](CCCCNC(=O)OC(C)(C)C)C(=O)O. The van der Waals surface area contributed by atoms with Gasteiger partial charge in [0, 0.05) is 26.2 Å². The normalized spacial score (nSPS) is 16.0. The highest BCUT2D eigenvalue weighted by atomic mass is 16.6. The summed E-state index contributed by atoms with van der Waals surface area (Å²) in [5.41, 5.74) is -0.870. The summed E-state index contributed by atoms with van der Waals surface area (Å²) in [6.45, 7) is 20.3. The highest BCUT2D eigenvalue weighted by Gasteiger charge is 2.36. The van der Waals surface area contributed by atoms with E-state index in [1.54, 1.807) is 74.1 Å². The molecule has 1 aliphatic rings. The molecule has 0 aliphatic carbocycles. The zero-order valence-corrected chi connectivity index (χ0v) is 39.3. The molecule has 5 atom stereocenters. The Bertz CT molecular complexity index is 1650. The number of nitrogens with one attached hydrogen (secondary N) is 6. The number of carbonyl (C=O) groups is 7. The van der Waals surface area contributed by atoms with Crippen LogP contribution in [0.25, 0.3) is 0 Å². The third kappa shape index (κ3) is 22.2. The number of hydrogen-bond donors (Lipinski definition) is 7. The molecule has 18 heteroatoms. The van der Waals surface area contributed by atoms with E-state index < -0.39 is 89.0 Å². The Balaban J connectivity index is 2.16. The maximum absolute atomic E-state index is 14.2. The first-order chi connectivity index (χ1) is 29.2. The van der Waals surface area contributed by atoms with Gasteiger partial charge in [-0.25, -0.2) is 19.2 Å². The van der Waals surface area contributed by atoms with Crippen LogP contribution in [-0.4, -0.2) is 125 Å². The van der Waals surface area contributed by atoms with Gasteiger partial charge in [-0.3, -0.25) is 14.4 Å². The maximum Gasteiger partial charge on any atom is 0.407 e. The van der Waals surface area contributed by atoms with E-state index in [1.165, 1.54) is 12.5 Å². The van der Waals surface area contributed by atoms with Gasteiger partial charge in [-0.15, -0.1) is 0 Å². The number of benzene rings is 1. The molecule has 0 aromatic heterocycles. The number of carboxylic acids is 1. The molecule has 356 valence electrons. The van der Waals surface area contributed by atoms with Crippen LogP contribution in [0.15, 0.2) is 30.3 Å². The molecule has 0 bridgehead atoms. The summed E-state index contributed by atoms with van der Waals surface area (Å²) in [6, 6.07) is 4.76. The van der Waals surface area contributed by atoms with Crippen molar-refractivity contribution in [2.24, 2.45) is 0 Å². The number of rotatable bonds is 21. The predicted molar refractivity (Wildman–Crippen MR) is 238 cm³/mol. The van der Waals surface area contributed by atoms with E-state index in [2.05, 4.69) is 44.0 Å². The van der Waals surface area contributed by atoms with Crippen molar-refractivity contribution in [1.82, 2.24) is 36.8 Å². The zero-order valence-electron chi connectivity index (χ0n) is 39.3. The number of likely N-dealkylation sites (tertiary alicyclic amines) is 1. The minimum Gasteiger partial charge on any atom is -0.480 e. The van der Waals surface area contributed by atoms with E-state index >= 15 is 0 Å². The second-order valence-corrected chi connectivity index (χ2v) is 19.1. The second kappa shape index (κ2) is 25.2. The summed E-state index contributed by atoms with van der Waals surface area (Å²) in [7, 11) is 0. The van der Waals surface area contributed by atoms with Gasteiger partial charge < -0.3 is 56.1 Å². The van der Waals surface area contributed by atoms with Crippen molar-refractivity contribution in [3.63, 3.8) is 0 Å². The smallest absolute Gasteiger partial charge is 0.407 e. The van der Waals surface area contributed by atoms with Crippen molar-refractivity contribution in [2.75, 3.05) is 26.2 Å². The van der Waals surface area contributed by atoms with Gasteiger partial charge in [0.2, 0.25) is 17.7 Å². The summed E-state index contributed by atoms with van der Waals surface area (Å²) in [5.74, 6) is -3.16. The fourth-order valence-electron chi connectivity index (χ4n) is 6.80. The van der Waals surface area contributed by atoms with Crippen LogP contribution in [0.2, 0.25) is 0 Å². The lowest BCUT2D eigenvalue weighted by Gasteiger charge is -2.34. The van der Waals surface area contributed by atoms with Gasteiger partial charge in [0.15, 0.2) is 0 Å². The Kier molecular flexibility index (Phi) is 21.6. The highest BCUT2D eigenvalue weighted by molar-refractivity contribution is 5.95. The van der Waals surface area contributed by atoms with Crippen LogP contribution in [0.1, 0.15) is 139 Å². The van der Waals surface area contributed by atoms with E-state index in [-0.39, 0.29) is 25.9 Å². The molecule has 7 amide bonds. The lowest BCUT2D eigenvalue weighted by atomic mass is 9.89. The average molecular weight is 890 g/mol. The number of ether oxygens (including phenoxy) is 3. The van der Waals surface area contributed by atoms with E-state index in [9.17, 15) is 38.7 Å². The highest BCUT2D eigenvalue weighted by Crippen LogP contribution is 2.28. The standard InChI is InChI=1S/C45H75N7O11/c1-29(36(53)49-34(39(56)57)22-16-18-26-47-42(60)63-45(9,10)11)48-38(55)35(30(2)61-43(3,4)5)51-37(54)33(21-15-17-25-46-41(59)62-44(6,7)8)50-40(58)52-27-23-32(24-28-52)31-19-13-12-14-20-31/h12-14,19-20,29-30,32-35H,15-18,21-28H2,1-11H3,(H,46,59)(H,47,60)(H,48,55)(H,49,53)(H,50,58)(H,51,54)(H,56,57)/t29-,30+,33-,34-,35-/m0/s1. The van der Waals surface area contributed by atoms with Gasteiger partial charge in [0.25, 0.3) is 0 Å². The molecule has 1 fully saturated rings. The van der Waals surface area contributed by atoms with Gasteiger partial charge in [0.05, 0.1) is 11.7 Å². The molecule has 7 N–H and O–H groups in total. The second-order valence-electron chi connectivity index (χ2n) is 19.1. The Morgan fingerprint density at radius 1 is 0.651 bits per heavy atom. The quantitative estimate of drug-likeness (QED) is 0.0802. The van der Waals surface area contributed by atoms with Crippen LogP contribution < -0.4 is 31.9 Å². The molecule has 2 rings (SSSR count). The van der Waals surface area contributed by atoms with E-state index in [0.717, 1.165) is 12.8 Å². The first-order valence-electron chi connectivity index (χ1n) is 22.1. The first kappa shape index (κ1) is 54.0. The number of nitrogens with zero attached hydrogens (tertiary/aromatic N) is 1. The summed E-state index contributed by atoms with van der Waals surface area (Å²) in [5, 5.41) is 25.8. The molecule has 63 heavy (non-hydrogen) atoms. The van der Waals surface area contributed by atoms with Crippen LogP contribution in [0.5, 0.6) is 0 Å². The minimum atomic E-state index is -1.34. The summed E-state index contributed by atoms with van der Waals surface area (Å²) >= 11 is 0. The molecular weight excluding hydrogens is 815 g/mol. The Labute approximate surface area is 373 Å². The molecule has 1 aromatic rings. The first-order valence-corrected chi connectivity index (χ1v) is 22.1. The number of hydrogen-bond acceptors (Lipinski definition) is 10. The molecule has 1 aromatic carbocycles. The predicted octanol–water partition coefficient (Wildman–Crippen LogP) is 5.10. The molecule has 1 saturated heterocycles. The number of carboxylic acid groups (broad SMARTS) is 1. The molecule has 0 radical (unpaired) electrons. The molecular formula is C45H75N7O11. The van der Waals surface area contributed by atoms with E-state index in [0.29, 0.717) is 44.7 Å². The van der Waals surface area contributed by atoms with E-state index in [4.69, 9.17) is 14.2 Å². The number of carbonyl (C=O) groups excluding carboxylic acids is 6. The van der Waals surface area contributed by atoms with Crippen molar-refractivity contribution >= 4 is 41.9 Å². The molecule has 0 spiro atoms. The van der Waals surface area contributed by atoms with Crippen LogP contribution >= 0.6 is 0 Å². The summed E-state index contributed by atoms with van der Waals surface area (Å²) < 4.78 is 16.6. The van der Waals surface area contributed by atoms with Gasteiger partial charge >= 0.3 is 24.2 Å². The number of alkyl carbamates (subject to hydrolysis) is 2. The van der Waals surface area contributed by atoms with Gasteiger partial charge in [-0.1, -0.05) is 30.3 Å². The van der Waals surface area contributed by atoms with Crippen molar-refractivity contribution < 1.29 is 52.9 Å². The van der Waals surface area contributed by atoms with Crippen molar-refractivity contribution in [3.8, 4) is 0 Å². The summed E-state index contributed by atoms with van der Waals surface area (Å²) in [6.07, 6.45) is 1.30. The van der Waals surface area contributed by atoms with Crippen molar-refractivity contribution in [2.45, 2.75) is 181 Å². The number of aliphatic carboxylic acids is 1. The van der Waals surface area contributed by atoms with Crippen LogP contribution in [0.3, 0.4) is 0 Å². The topological polar surface area (TPSA) is 243 Å². The maximum atomic E-state index is 14.2. The lowest BCUT2D eigenvalue weighted by molar-refractivity contribution is -0.143. The van der Waals surface area contributed by atoms with Gasteiger partial charge in [-0.2, -0.15) is 0 Å². The zero-order chi connectivity index (χ0) is 47.5. The molecule has 1 aliphatic heterocycles. The fraction of sp³-hybridized carbons (Fsp3) is 0.711. The minimum absolute atomic E-state index is 0.0576. The number of amides is 7. The molecule has 18 nitrogen and oxygen atoms in total. The van der Waals surface area contributed by atoms with Crippen molar-refractivity contribution in [3.05, 3.63) is 35.9 Å². The Morgan fingerprint density at radius 2 is 1.16 bits per heavy atom. The largest absolute Gasteiger partial charge is 0.480 e. The van der Waals surface area contributed by atoms with Gasteiger partial charge in [0.1, 0.15) is 35.4 Å². The van der Waals surface area contributed by atoms with Crippen molar-refractivity contribution in [1.29, 1.82) is 0 Å². The number of piperidine rings is 1. The van der Waals surface area contributed by atoms with Gasteiger partial charge in [-0.05, 0) is 139 Å².